The number of aliphatic hydroxyl groups is 1. The number of aliphatic imine (C=N–C) groups is 1. The van der Waals surface area contributed by atoms with E-state index in [1.165, 1.54) is 0 Å². The zero-order chi connectivity index (χ0) is 23.0. The first-order valence-electron chi connectivity index (χ1n) is 11.5. The summed E-state index contributed by atoms with van der Waals surface area (Å²) in [5, 5.41) is 12.1. The lowest BCUT2D eigenvalue weighted by molar-refractivity contribution is -0.119. The number of nitrogens with zero attached hydrogens (tertiary/aromatic N) is 3. The molecule has 1 saturated heterocycles. The molecule has 1 fully saturated rings. The fourth-order valence-electron chi connectivity index (χ4n) is 4.07. The molecule has 2 aromatic carbocycles. The molecule has 2 aliphatic heterocycles. The molecule has 0 saturated carbocycles. The van der Waals surface area contributed by atoms with Gasteiger partial charge >= 0.3 is 0 Å². The number of rotatable bonds is 11. The molecule has 174 valence electrons. The van der Waals surface area contributed by atoms with Gasteiger partial charge in [0.2, 0.25) is 17.8 Å². The van der Waals surface area contributed by atoms with Crippen molar-refractivity contribution in [3.05, 3.63) is 54.1 Å². The van der Waals surface area contributed by atoms with Crippen molar-refractivity contribution in [1.82, 2.24) is 10.2 Å². The van der Waals surface area contributed by atoms with E-state index < -0.39 is 0 Å². The smallest absolute Gasteiger partial charge is 0.246 e. The average molecular weight is 451 g/mol. The summed E-state index contributed by atoms with van der Waals surface area (Å²) in [5.41, 5.74) is 2.74. The molecule has 0 radical (unpaired) electrons. The van der Waals surface area contributed by atoms with Crippen molar-refractivity contribution in [2.24, 2.45) is 4.99 Å². The third-order valence-electron chi connectivity index (χ3n) is 5.78. The Labute approximate surface area is 193 Å². The minimum absolute atomic E-state index is 0.0269. The van der Waals surface area contributed by atoms with Crippen LogP contribution in [0.2, 0.25) is 0 Å². The fourth-order valence-corrected chi connectivity index (χ4v) is 4.07. The lowest BCUT2D eigenvalue weighted by Gasteiger charge is -2.23. The van der Waals surface area contributed by atoms with Crippen LogP contribution < -0.4 is 15.0 Å². The summed E-state index contributed by atoms with van der Waals surface area (Å²) in [7, 11) is 0. The summed E-state index contributed by atoms with van der Waals surface area (Å²) in [6.07, 6.45) is 4.11. The largest absolute Gasteiger partial charge is 0.494 e. The van der Waals surface area contributed by atoms with E-state index in [2.05, 4.69) is 10.3 Å². The third kappa shape index (κ3) is 5.90. The van der Waals surface area contributed by atoms with Crippen molar-refractivity contribution in [2.45, 2.75) is 38.6 Å². The lowest BCUT2D eigenvalue weighted by atomic mass is 10.1. The van der Waals surface area contributed by atoms with Crippen LogP contribution in [0.1, 0.15) is 37.7 Å². The van der Waals surface area contributed by atoms with E-state index in [1.807, 2.05) is 53.4 Å². The molecule has 2 heterocycles. The van der Waals surface area contributed by atoms with Gasteiger partial charge in [0.25, 0.3) is 0 Å². The Kier molecular flexibility index (Phi) is 7.57. The third-order valence-corrected chi connectivity index (χ3v) is 5.78. The van der Waals surface area contributed by atoms with E-state index in [0.717, 1.165) is 48.4 Å². The summed E-state index contributed by atoms with van der Waals surface area (Å²) >= 11 is 0. The molecule has 2 aliphatic rings. The standard InChI is InChI=1S/C25H30N4O4/c30-14-13-29(20-8-4-3-5-9-20)24(32)10-6-1-2-7-15-33-21-12-11-19-17-28-18-23(31)27-25(28)26-22(19)16-21/h3-5,8-9,11-12,16,30H,1-2,6-7,10,13-15,17-18H2,(H,26,27,31). The second-order valence-corrected chi connectivity index (χ2v) is 8.25. The number of amides is 2. The normalized spacial score (nSPS) is 14.3. The van der Waals surface area contributed by atoms with Crippen LogP contribution in [0.3, 0.4) is 0 Å². The van der Waals surface area contributed by atoms with Gasteiger partial charge in [0, 0.05) is 31.3 Å². The van der Waals surface area contributed by atoms with Crippen LogP contribution in [0.5, 0.6) is 5.75 Å². The topological polar surface area (TPSA) is 94.5 Å². The van der Waals surface area contributed by atoms with Crippen molar-refractivity contribution < 1.29 is 19.4 Å². The first-order chi connectivity index (χ1) is 16.1. The highest BCUT2D eigenvalue weighted by Crippen LogP contribution is 2.31. The van der Waals surface area contributed by atoms with E-state index in [-0.39, 0.29) is 18.4 Å². The monoisotopic (exact) mass is 450 g/mol. The second kappa shape index (κ2) is 11.0. The van der Waals surface area contributed by atoms with E-state index in [1.54, 1.807) is 4.90 Å². The summed E-state index contributed by atoms with van der Waals surface area (Å²) in [6.45, 7) is 1.89. The maximum Gasteiger partial charge on any atom is 0.246 e. The maximum atomic E-state index is 12.6. The van der Waals surface area contributed by atoms with E-state index in [0.29, 0.717) is 38.6 Å². The van der Waals surface area contributed by atoms with Crippen molar-refractivity contribution in [1.29, 1.82) is 0 Å². The SMILES string of the molecule is O=C1CN2Cc3ccc(OCCCCCCC(=O)N(CCO)c4ccccc4)cc3N=C2N1. The number of nitrogens with one attached hydrogen (secondary N) is 1. The van der Waals surface area contributed by atoms with Gasteiger partial charge in [0.15, 0.2) is 0 Å². The highest BCUT2D eigenvalue weighted by atomic mass is 16.5. The predicted octanol–water partition coefficient (Wildman–Crippen LogP) is 2.97. The molecule has 8 nitrogen and oxygen atoms in total. The number of ether oxygens (including phenoxy) is 1. The molecule has 0 atom stereocenters. The Bertz CT molecular complexity index is 1010. The minimum atomic E-state index is -0.0554. The number of carbonyl (C=O) groups is 2. The van der Waals surface area contributed by atoms with Crippen LogP contribution in [-0.2, 0) is 16.1 Å². The quantitative estimate of drug-likeness (QED) is 0.514. The van der Waals surface area contributed by atoms with Gasteiger partial charge in [-0.05, 0) is 36.6 Å². The Morgan fingerprint density at radius 3 is 2.73 bits per heavy atom. The molecule has 0 spiro atoms. The molecule has 0 bridgehead atoms. The Morgan fingerprint density at radius 2 is 1.91 bits per heavy atom. The Balaban J connectivity index is 1.16. The van der Waals surface area contributed by atoms with Crippen LogP contribution in [0.15, 0.2) is 53.5 Å². The molecule has 8 heteroatoms. The van der Waals surface area contributed by atoms with Crippen molar-refractivity contribution in [3.63, 3.8) is 0 Å². The van der Waals surface area contributed by atoms with Gasteiger partial charge in [-0.2, -0.15) is 0 Å². The number of benzene rings is 2. The van der Waals surface area contributed by atoms with Crippen LogP contribution in [0.25, 0.3) is 0 Å². The average Bonchev–Trinajstić information content (AvgIpc) is 3.19. The van der Waals surface area contributed by atoms with Gasteiger partial charge in [-0.1, -0.05) is 37.1 Å². The molecule has 0 unspecified atom stereocenters. The number of para-hydroxylation sites is 1. The zero-order valence-electron chi connectivity index (χ0n) is 18.7. The van der Waals surface area contributed by atoms with Crippen molar-refractivity contribution >= 4 is 29.1 Å². The molecule has 0 aromatic heterocycles. The number of aliphatic hydroxyl groups excluding tert-OH is 1. The first-order valence-corrected chi connectivity index (χ1v) is 11.5. The molecule has 33 heavy (non-hydrogen) atoms. The van der Waals surface area contributed by atoms with E-state index >= 15 is 0 Å². The lowest BCUT2D eigenvalue weighted by Crippen LogP contribution is -2.33. The van der Waals surface area contributed by atoms with Crippen LogP contribution in [0, 0.1) is 0 Å². The van der Waals surface area contributed by atoms with Gasteiger partial charge < -0.3 is 19.6 Å². The van der Waals surface area contributed by atoms with Gasteiger partial charge in [-0.15, -0.1) is 0 Å². The summed E-state index contributed by atoms with van der Waals surface area (Å²) < 4.78 is 5.89. The molecule has 2 aromatic rings. The fraction of sp³-hybridized carbons (Fsp3) is 0.400. The van der Waals surface area contributed by atoms with Crippen LogP contribution >= 0.6 is 0 Å². The van der Waals surface area contributed by atoms with E-state index in [4.69, 9.17) is 4.74 Å². The second-order valence-electron chi connectivity index (χ2n) is 8.25. The Morgan fingerprint density at radius 1 is 1.09 bits per heavy atom. The number of guanidine groups is 1. The van der Waals surface area contributed by atoms with Crippen LogP contribution in [0.4, 0.5) is 11.4 Å². The number of fused-ring (bicyclic) bond motifs is 2. The molecular weight excluding hydrogens is 420 g/mol. The molecule has 0 aliphatic carbocycles. The number of hydrogen-bond donors (Lipinski definition) is 2. The predicted molar refractivity (Wildman–Crippen MR) is 127 cm³/mol. The number of anilines is 1. The highest BCUT2D eigenvalue weighted by Gasteiger charge is 2.29. The van der Waals surface area contributed by atoms with Crippen molar-refractivity contribution in [2.75, 3.05) is 31.2 Å². The molecule has 4 rings (SSSR count). The van der Waals surface area contributed by atoms with E-state index in [9.17, 15) is 14.7 Å². The minimum Gasteiger partial charge on any atom is -0.494 e. The van der Waals surface area contributed by atoms with Crippen molar-refractivity contribution in [3.8, 4) is 5.75 Å². The number of hydrogen-bond acceptors (Lipinski definition) is 6. The highest BCUT2D eigenvalue weighted by molar-refractivity contribution is 6.05. The van der Waals surface area contributed by atoms with Gasteiger partial charge in [-0.25, -0.2) is 4.99 Å². The zero-order valence-corrected chi connectivity index (χ0v) is 18.7. The summed E-state index contributed by atoms with van der Waals surface area (Å²) in [6, 6.07) is 15.3. The molecule has 2 N–H and O–H groups in total. The summed E-state index contributed by atoms with van der Waals surface area (Å²) in [5.74, 6) is 1.40. The number of carbonyl (C=O) groups excluding carboxylic acids is 2. The maximum absolute atomic E-state index is 12.6. The van der Waals surface area contributed by atoms with Gasteiger partial charge in [-0.3, -0.25) is 14.9 Å². The Hall–Kier alpha value is -3.39. The first kappa shape index (κ1) is 22.8. The van der Waals surface area contributed by atoms with Crippen LogP contribution in [-0.4, -0.2) is 54.1 Å². The molecular formula is C25H30N4O4. The molecule has 2 amide bonds. The summed E-state index contributed by atoms with van der Waals surface area (Å²) in [4.78, 5) is 32.2. The van der Waals surface area contributed by atoms with Gasteiger partial charge in [0.1, 0.15) is 12.3 Å². The van der Waals surface area contributed by atoms with Gasteiger partial charge in [0.05, 0.1) is 18.9 Å². The number of unbranched alkanes of at least 4 members (excludes halogenated alkanes) is 3.